The molecule has 0 aromatic heterocycles. The lowest BCUT2D eigenvalue weighted by Crippen LogP contribution is -2.36. The van der Waals surface area contributed by atoms with E-state index in [2.05, 4.69) is 37.9 Å². The van der Waals surface area contributed by atoms with Gasteiger partial charge in [0.25, 0.3) is 11.8 Å². The Hall–Kier alpha value is -2.82. The molecular formula is C40H62N2O8. The second-order valence-corrected chi connectivity index (χ2v) is 15.9. The standard InChI is InChI=1S/C40H62N2O8/c1-28-11-14-32(49-24-8-23-41-35(43)19-25-48-26-20-38(46)50-42-36(44)17-18-37(42)45)27-31(28)13-12-30-10-7-22-40(5)33(15-16-34(30)40)29(2)9-6-21-39(3,4)47/h12-13,29,32-34,47H,1,6-11,14-27H2,2-5H3,(H,41,43)/b30-12+,31-13-/t29-,32+,33-,34+,40-/m1/s1. The van der Waals surface area contributed by atoms with Crippen LogP contribution in [0.25, 0.3) is 0 Å². The van der Waals surface area contributed by atoms with Crippen molar-refractivity contribution in [1.82, 2.24) is 10.4 Å². The fourth-order valence-corrected chi connectivity index (χ4v) is 8.66. The Morgan fingerprint density at radius 1 is 1.04 bits per heavy atom. The predicted molar refractivity (Wildman–Crippen MR) is 191 cm³/mol. The topological polar surface area (TPSA) is 131 Å². The number of allylic oxidation sites excluding steroid dienone is 4. The number of aliphatic hydroxyl groups is 1. The zero-order valence-corrected chi connectivity index (χ0v) is 31.1. The molecule has 1 aliphatic heterocycles. The van der Waals surface area contributed by atoms with E-state index in [9.17, 15) is 24.3 Å². The van der Waals surface area contributed by atoms with Crippen LogP contribution in [0.3, 0.4) is 0 Å². The normalized spacial score (nSPS) is 28.0. The number of fused-ring (bicyclic) bond motifs is 1. The summed E-state index contributed by atoms with van der Waals surface area (Å²) in [6, 6.07) is 0. The van der Waals surface area contributed by atoms with Gasteiger partial charge in [-0.1, -0.05) is 56.6 Å². The van der Waals surface area contributed by atoms with Crippen LogP contribution < -0.4 is 5.32 Å². The molecule has 3 amide bonds. The largest absolute Gasteiger partial charge is 0.390 e. The predicted octanol–water partition coefficient (Wildman–Crippen LogP) is 6.67. The summed E-state index contributed by atoms with van der Waals surface area (Å²) in [5, 5.41) is 13.6. The molecule has 0 unspecified atom stereocenters. The van der Waals surface area contributed by atoms with Gasteiger partial charge in [0.05, 0.1) is 31.3 Å². The van der Waals surface area contributed by atoms with Crippen molar-refractivity contribution in [3.8, 4) is 0 Å². The fraction of sp³-hybridized carbons (Fsp3) is 0.750. The second-order valence-electron chi connectivity index (χ2n) is 15.9. The van der Waals surface area contributed by atoms with Gasteiger partial charge in [-0.2, -0.15) is 0 Å². The van der Waals surface area contributed by atoms with Crippen molar-refractivity contribution in [2.75, 3.05) is 26.4 Å². The molecular weight excluding hydrogens is 636 g/mol. The van der Waals surface area contributed by atoms with E-state index in [0.717, 1.165) is 38.0 Å². The summed E-state index contributed by atoms with van der Waals surface area (Å²) in [6.07, 6.45) is 18.0. The molecule has 4 aliphatic rings. The van der Waals surface area contributed by atoms with Crippen LogP contribution in [0, 0.1) is 23.2 Å². The quantitative estimate of drug-likeness (QED) is 0.120. The van der Waals surface area contributed by atoms with E-state index < -0.39 is 23.4 Å². The average Bonchev–Trinajstić information content (AvgIpc) is 3.58. The molecule has 1 saturated heterocycles. The number of rotatable bonds is 18. The van der Waals surface area contributed by atoms with E-state index >= 15 is 0 Å². The van der Waals surface area contributed by atoms with Crippen molar-refractivity contribution in [3.63, 3.8) is 0 Å². The van der Waals surface area contributed by atoms with E-state index in [1.807, 2.05) is 13.8 Å². The van der Waals surface area contributed by atoms with Gasteiger partial charge in [-0.05, 0) is 107 Å². The zero-order chi connectivity index (χ0) is 36.3. The fourth-order valence-electron chi connectivity index (χ4n) is 8.66. The number of carbonyl (C=O) groups excluding carboxylic acids is 4. The summed E-state index contributed by atoms with van der Waals surface area (Å²) in [6.45, 7) is 14.5. The number of hydrogen-bond donors (Lipinski definition) is 2. The Morgan fingerprint density at radius 2 is 1.78 bits per heavy atom. The molecule has 0 bridgehead atoms. The Kier molecular flexibility index (Phi) is 14.9. The minimum atomic E-state index is -0.726. The molecule has 280 valence electrons. The number of imide groups is 1. The first-order chi connectivity index (χ1) is 23.8. The number of nitrogens with zero attached hydrogens (tertiary/aromatic N) is 1. The van der Waals surface area contributed by atoms with Crippen molar-refractivity contribution in [2.24, 2.45) is 23.2 Å². The Bertz CT molecular complexity index is 1270. The van der Waals surface area contributed by atoms with Gasteiger partial charge < -0.3 is 24.7 Å². The van der Waals surface area contributed by atoms with Crippen molar-refractivity contribution in [2.45, 2.75) is 142 Å². The summed E-state index contributed by atoms with van der Waals surface area (Å²) >= 11 is 0. The van der Waals surface area contributed by atoms with E-state index in [1.165, 1.54) is 49.7 Å². The number of carbonyl (C=O) groups is 4. The molecule has 1 heterocycles. The molecule has 10 heteroatoms. The molecule has 3 saturated carbocycles. The van der Waals surface area contributed by atoms with Gasteiger partial charge in [0, 0.05) is 32.4 Å². The van der Waals surface area contributed by atoms with Crippen molar-refractivity contribution >= 4 is 23.7 Å². The third-order valence-electron chi connectivity index (χ3n) is 11.5. The zero-order valence-electron chi connectivity index (χ0n) is 31.1. The Labute approximate surface area is 299 Å². The molecule has 4 rings (SSSR count). The SMILES string of the molecule is C=C1CC[C@H](OCCCNC(=O)CCOCCC(=O)ON2C(=O)CCC2=O)C/C1=C/C=C1\CCC[C@]2(C)[C@@H]([C@H](C)CCCC(C)(C)O)CC[C@@H]12. The Balaban J connectivity index is 1.12. The number of amides is 3. The molecule has 4 fully saturated rings. The minimum Gasteiger partial charge on any atom is -0.390 e. The van der Waals surface area contributed by atoms with Crippen LogP contribution >= 0.6 is 0 Å². The van der Waals surface area contributed by atoms with Gasteiger partial charge in [0.2, 0.25) is 5.91 Å². The first kappa shape index (κ1) is 40.0. The third kappa shape index (κ3) is 11.6. The van der Waals surface area contributed by atoms with E-state index in [4.69, 9.17) is 14.3 Å². The van der Waals surface area contributed by atoms with E-state index in [1.54, 1.807) is 5.57 Å². The highest BCUT2D eigenvalue weighted by Gasteiger charge is 2.50. The van der Waals surface area contributed by atoms with Crippen LogP contribution in [-0.2, 0) is 33.5 Å². The van der Waals surface area contributed by atoms with Crippen molar-refractivity contribution in [3.05, 3.63) is 35.5 Å². The van der Waals surface area contributed by atoms with Crippen molar-refractivity contribution in [1.29, 1.82) is 0 Å². The summed E-state index contributed by atoms with van der Waals surface area (Å²) in [4.78, 5) is 51.8. The molecule has 10 nitrogen and oxygen atoms in total. The van der Waals surface area contributed by atoms with Gasteiger partial charge in [0.1, 0.15) is 0 Å². The first-order valence-electron chi connectivity index (χ1n) is 19.1. The van der Waals surface area contributed by atoms with Gasteiger partial charge in [-0.25, -0.2) is 4.79 Å². The number of hydroxylamine groups is 2. The van der Waals surface area contributed by atoms with Gasteiger partial charge in [0.15, 0.2) is 0 Å². The molecule has 0 spiro atoms. The number of hydrogen-bond acceptors (Lipinski definition) is 8. The molecule has 0 radical (unpaired) electrons. The van der Waals surface area contributed by atoms with Gasteiger partial charge >= 0.3 is 5.97 Å². The highest BCUT2D eigenvalue weighted by atomic mass is 16.7. The third-order valence-corrected chi connectivity index (χ3v) is 11.5. The van der Waals surface area contributed by atoms with Crippen LogP contribution in [0.1, 0.15) is 130 Å². The highest BCUT2D eigenvalue weighted by molar-refractivity contribution is 6.01. The number of ether oxygens (including phenoxy) is 2. The van der Waals surface area contributed by atoms with Crippen LogP contribution in [0.15, 0.2) is 35.5 Å². The first-order valence-corrected chi connectivity index (χ1v) is 19.1. The lowest BCUT2D eigenvalue weighted by molar-refractivity contribution is -0.198. The maximum absolute atomic E-state index is 12.2. The van der Waals surface area contributed by atoms with Gasteiger partial charge in [-0.15, -0.1) is 5.06 Å². The maximum atomic E-state index is 12.2. The molecule has 50 heavy (non-hydrogen) atoms. The van der Waals surface area contributed by atoms with Crippen LogP contribution in [-0.4, -0.2) is 71.9 Å². The Morgan fingerprint density at radius 3 is 2.52 bits per heavy atom. The lowest BCUT2D eigenvalue weighted by atomic mass is 9.60. The monoisotopic (exact) mass is 698 g/mol. The lowest BCUT2D eigenvalue weighted by Gasteiger charge is -2.44. The molecule has 2 N–H and O–H groups in total. The van der Waals surface area contributed by atoms with Crippen molar-refractivity contribution < 1.29 is 38.6 Å². The van der Waals surface area contributed by atoms with E-state index in [-0.39, 0.29) is 50.9 Å². The highest BCUT2D eigenvalue weighted by Crippen LogP contribution is 2.60. The van der Waals surface area contributed by atoms with E-state index in [0.29, 0.717) is 41.9 Å². The van der Waals surface area contributed by atoms with Crippen LogP contribution in [0.4, 0.5) is 0 Å². The molecule has 3 aliphatic carbocycles. The summed E-state index contributed by atoms with van der Waals surface area (Å²) in [5.74, 6) is 0.182. The van der Waals surface area contributed by atoms with Crippen LogP contribution in [0.2, 0.25) is 0 Å². The summed E-state index contributed by atoms with van der Waals surface area (Å²) in [7, 11) is 0. The average molecular weight is 699 g/mol. The van der Waals surface area contributed by atoms with Crippen LogP contribution in [0.5, 0.6) is 0 Å². The molecule has 0 aromatic carbocycles. The summed E-state index contributed by atoms with van der Waals surface area (Å²) in [5.41, 5.74) is 3.92. The molecule has 5 atom stereocenters. The smallest absolute Gasteiger partial charge is 0.335 e. The minimum absolute atomic E-state index is 0.0306. The second kappa shape index (κ2) is 18.6. The molecule has 0 aromatic rings. The number of nitrogens with one attached hydrogen (secondary N) is 1. The van der Waals surface area contributed by atoms with Gasteiger partial charge in [-0.3, -0.25) is 14.4 Å². The summed E-state index contributed by atoms with van der Waals surface area (Å²) < 4.78 is 11.6. The maximum Gasteiger partial charge on any atom is 0.335 e.